The number of unbranched alkanes of at least 4 members (excludes halogenated alkanes) is 1. The van der Waals surface area contributed by atoms with Crippen LogP contribution in [0.2, 0.25) is 0 Å². The van der Waals surface area contributed by atoms with Gasteiger partial charge in [0.05, 0.1) is 17.9 Å². The van der Waals surface area contributed by atoms with E-state index in [1.165, 1.54) is 6.33 Å². The van der Waals surface area contributed by atoms with Crippen molar-refractivity contribution in [3.8, 4) is 0 Å². The first-order valence-electron chi connectivity index (χ1n) is 23.5. The Kier molecular flexibility index (Phi) is 15.9. The van der Waals surface area contributed by atoms with Crippen LogP contribution in [0.1, 0.15) is 41.6 Å². The van der Waals surface area contributed by atoms with Gasteiger partial charge in [0.2, 0.25) is 29.5 Å². The molecule has 11 N–H and O–H groups in total. The molecular weight excluding hydrogens is 883 g/mol. The Bertz CT molecular complexity index is 3070. The Balaban J connectivity index is 1.01. The predicted octanol–water partition coefficient (Wildman–Crippen LogP) is 4.90. The van der Waals surface area contributed by atoms with Crippen LogP contribution in [0.4, 0.5) is 5.82 Å². The Labute approximate surface area is 404 Å². The van der Waals surface area contributed by atoms with Gasteiger partial charge in [0.1, 0.15) is 30.0 Å². The molecule has 5 amide bonds. The fraction of sp³-hybridized carbons (Fsp3) is 0.241. The van der Waals surface area contributed by atoms with Crippen LogP contribution in [0.15, 0.2) is 152 Å². The number of imidazole rings is 1. The molecule has 5 atom stereocenters. The van der Waals surface area contributed by atoms with Gasteiger partial charge in [-0.15, -0.1) is 0 Å². The van der Waals surface area contributed by atoms with Crippen molar-refractivity contribution in [1.82, 2.24) is 41.2 Å². The van der Waals surface area contributed by atoms with Gasteiger partial charge in [0.15, 0.2) is 0 Å². The maximum Gasteiger partial charge on any atom is 0.243 e. The maximum atomic E-state index is 14.8. The number of amides is 5. The lowest BCUT2D eigenvalue weighted by Crippen LogP contribution is -2.60. The number of primary amides is 1. The lowest BCUT2D eigenvalue weighted by atomic mass is 9.99. The topological polar surface area (TPSA) is 255 Å². The minimum atomic E-state index is -1.25. The third kappa shape index (κ3) is 12.8. The summed E-state index contributed by atoms with van der Waals surface area (Å²) in [6.07, 6.45) is 6.61. The quantitative estimate of drug-likeness (QED) is 0.0395. The minimum absolute atomic E-state index is 0.0178. The van der Waals surface area contributed by atoms with E-state index in [0.29, 0.717) is 25.1 Å². The van der Waals surface area contributed by atoms with E-state index in [-0.39, 0.29) is 32.1 Å². The zero-order chi connectivity index (χ0) is 48.8. The molecule has 0 spiro atoms. The summed E-state index contributed by atoms with van der Waals surface area (Å²) >= 11 is 0. The number of carbonyl (C=O) groups is 5. The van der Waals surface area contributed by atoms with Crippen LogP contribution in [-0.4, -0.2) is 86.2 Å². The molecule has 3 heterocycles. The van der Waals surface area contributed by atoms with Crippen LogP contribution in [0.5, 0.6) is 0 Å². The number of hydrogen-bond donors (Lipinski definition) is 9. The van der Waals surface area contributed by atoms with Gasteiger partial charge in [-0.1, -0.05) is 109 Å². The molecular formula is C54H57N11O5. The van der Waals surface area contributed by atoms with Gasteiger partial charge in [-0.05, 0) is 71.0 Å². The highest BCUT2D eigenvalue weighted by molar-refractivity contribution is 5.97. The predicted molar refractivity (Wildman–Crippen MR) is 271 cm³/mol. The molecule has 8 aromatic rings. The second-order valence-corrected chi connectivity index (χ2v) is 17.5. The Morgan fingerprint density at radius 2 is 1.20 bits per heavy atom. The van der Waals surface area contributed by atoms with E-state index in [4.69, 9.17) is 11.5 Å². The number of benzene rings is 5. The number of nitrogens with one attached hydrogen (secondary N) is 7. The van der Waals surface area contributed by atoms with E-state index in [2.05, 4.69) is 46.5 Å². The van der Waals surface area contributed by atoms with E-state index in [0.717, 1.165) is 55.1 Å². The van der Waals surface area contributed by atoms with Crippen LogP contribution in [0, 0.1) is 0 Å². The first kappa shape index (κ1) is 48.1. The van der Waals surface area contributed by atoms with E-state index in [1.54, 1.807) is 12.4 Å². The van der Waals surface area contributed by atoms with Gasteiger partial charge in [-0.25, -0.2) is 9.97 Å². The third-order valence-corrected chi connectivity index (χ3v) is 12.3. The Hall–Kier alpha value is -8.37. The molecule has 0 bridgehead atoms. The summed E-state index contributed by atoms with van der Waals surface area (Å²) in [6.45, 7) is 0.575. The van der Waals surface area contributed by atoms with E-state index >= 15 is 0 Å². The van der Waals surface area contributed by atoms with Gasteiger partial charge in [0, 0.05) is 66.6 Å². The van der Waals surface area contributed by atoms with Crippen molar-refractivity contribution in [3.05, 3.63) is 175 Å². The molecule has 0 aliphatic carbocycles. The van der Waals surface area contributed by atoms with Crippen LogP contribution in [0.3, 0.4) is 0 Å². The number of rotatable bonds is 23. The van der Waals surface area contributed by atoms with Crippen molar-refractivity contribution in [1.29, 1.82) is 0 Å². The Morgan fingerprint density at radius 3 is 1.94 bits per heavy atom. The number of anilines is 1. The molecule has 16 heteroatoms. The largest absolute Gasteiger partial charge is 0.370 e. The summed E-state index contributed by atoms with van der Waals surface area (Å²) in [5.41, 5.74) is 16.8. The molecule has 5 aromatic carbocycles. The second-order valence-electron chi connectivity index (χ2n) is 17.5. The maximum absolute atomic E-state index is 14.8. The normalized spacial score (nSPS) is 13.4. The molecule has 8 rings (SSSR count). The lowest BCUT2D eigenvalue weighted by Gasteiger charge is -2.27. The van der Waals surface area contributed by atoms with Gasteiger partial charge in [-0.2, -0.15) is 0 Å². The van der Waals surface area contributed by atoms with E-state index < -0.39 is 59.7 Å². The van der Waals surface area contributed by atoms with Crippen molar-refractivity contribution in [2.24, 2.45) is 11.5 Å². The summed E-state index contributed by atoms with van der Waals surface area (Å²) in [5, 5.41) is 18.7. The molecule has 70 heavy (non-hydrogen) atoms. The average molecular weight is 940 g/mol. The number of carbonyl (C=O) groups excluding carboxylic acids is 5. The molecule has 16 nitrogen and oxygen atoms in total. The number of fused-ring (bicyclic) bond motifs is 3. The van der Waals surface area contributed by atoms with Gasteiger partial charge in [-0.3, -0.25) is 24.0 Å². The number of pyridine rings is 1. The summed E-state index contributed by atoms with van der Waals surface area (Å²) in [7, 11) is 0. The van der Waals surface area contributed by atoms with Crippen molar-refractivity contribution in [2.75, 3.05) is 11.9 Å². The zero-order valence-electron chi connectivity index (χ0n) is 38.6. The monoisotopic (exact) mass is 939 g/mol. The number of para-hydroxylation sites is 2. The van der Waals surface area contributed by atoms with Crippen molar-refractivity contribution in [3.63, 3.8) is 0 Å². The SMILES string of the molecule is NC(=O)[C@H](CCCCNc1ccc2ccccc2n1)NC(=O)[C@@H](Cc1ccccc1)NC(=O)[C@H](Cc1c[nH]c2ccccc12)NC(=O)[C@@H](Cc1ccc2ccccc2c1)NC(=O)[C@H](N)Cc1cnc[nH]1. The molecule has 3 aromatic heterocycles. The second kappa shape index (κ2) is 23.1. The highest BCUT2D eigenvalue weighted by Crippen LogP contribution is 2.21. The first-order chi connectivity index (χ1) is 34.1. The average Bonchev–Trinajstić information content (AvgIpc) is 4.05. The van der Waals surface area contributed by atoms with Gasteiger partial charge >= 0.3 is 0 Å². The van der Waals surface area contributed by atoms with Crippen LogP contribution in [-0.2, 0) is 49.7 Å². The molecule has 0 fully saturated rings. The summed E-state index contributed by atoms with van der Waals surface area (Å²) in [5.74, 6) is -2.48. The number of nitrogens with zero attached hydrogens (tertiary/aromatic N) is 2. The summed E-state index contributed by atoms with van der Waals surface area (Å²) in [6, 6.07) is 36.4. The third-order valence-electron chi connectivity index (χ3n) is 12.3. The van der Waals surface area contributed by atoms with E-state index in [1.807, 2.05) is 133 Å². The fourth-order valence-electron chi connectivity index (χ4n) is 8.56. The zero-order valence-corrected chi connectivity index (χ0v) is 38.6. The van der Waals surface area contributed by atoms with Crippen molar-refractivity contribution < 1.29 is 24.0 Å². The molecule has 0 aliphatic heterocycles. The summed E-state index contributed by atoms with van der Waals surface area (Å²) in [4.78, 5) is 85.2. The number of nitrogens with two attached hydrogens (primary N) is 2. The minimum Gasteiger partial charge on any atom is -0.370 e. The smallest absolute Gasteiger partial charge is 0.243 e. The molecule has 0 aliphatic rings. The molecule has 358 valence electrons. The highest BCUT2D eigenvalue weighted by Gasteiger charge is 2.33. The highest BCUT2D eigenvalue weighted by atomic mass is 16.2. The standard InChI is InChI=1S/C54H57N11O5/c55-42(30-40-32-57-33-60-40)51(67)63-47(28-35-21-22-36-14-4-5-16-38(36)26-35)53(69)65-48(29-39-31-59-44-19-9-7-17-41(39)44)54(70)64-46(27-34-12-2-1-3-13-34)52(68)62-45(50(56)66)20-10-11-25-58-49-24-23-37-15-6-8-18-43(37)61-49/h1-9,12-19,21-24,26,31-33,42,45-48,59H,10-11,20,25,27-30,55H2,(H2,56,66)(H,57,60)(H,58,61)(H,62,68)(H,63,67)(H,64,70)(H,65,69)/t42-,45+,46-,47-,48+/m1/s1. The molecule has 0 saturated heterocycles. The first-order valence-corrected chi connectivity index (χ1v) is 23.5. The van der Waals surface area contributed by atoms with Crippen LogP contribution >= 0.6 is 0 Å². The fourth-order valence-corrected chi connectivity index (χ4v) is 8.56. The number of H-pyrrole nitrogens is 2. The van der Waals surface area contributed by atoms with E-state index in [9.17, 15) is 24.0 Å². The number of hydrogen-bond acceptors (Lipinski definition) is 9. The van der Waals surface area contributed by atoms with Crippen molar-refractivity contribution >= 4 is 67.9 Å². The summed E-state index contributed by atoms with van der Waals surface area (Å²) < 4.78 is 0. The number of aromatic amines is 2. The lowest BCUT2D eigenvalue weighted by molar-refractivity contribution is -0.134. The molecule has 0 radical (unpaired) electrons. The Morgan fingerprint density at radius 1 is 0.571 bits per heavy atom. The van der Waals surface area contributed by atoms with Crippen LogP contribution in [0.25, 0.3) is 32.6 Å². The van der Waals surface area contributed by atoms with Crippen LogP contribution < -0.4 is 38.1 Å². The molecule has 0 saturated carbocycles. The van der Waals surface area contributed by atoms with Gasteiger partial charge < -0.3 is 48.0 Å². The van der Waals surface area contributed by atoms with Crippen molar-refractivity contribution in [2.45, 2.75) is 75.2 Å². The molecule has 0 unspecified atom stereocenters. The van der Waals surface area contributed by atoms with Gasteiger partial charge in [0.25, 0.3) is 0 Å². The number of aromatic nitrogens is 4.